The van der Waals surface area contributed by atoms with Gasteiger partial charge in [-0.3, -0.25) is 4.72 Å². The van der Waals surface area contributed by atoms with Gasteiger partial charge in [-0.1, -0.05) is 50.1 Å². The molecule has 0 amide bonds. The number of alkyl halides is 3. The zero-order chi connectivity index (χ0) is 33.0. The first-order chi connectivity index (χ1) is 21.9. The molecular formula is C32H38F3N7O3S. The third-order valence-corrected chi connectivity index (χ3v) is 9.08. The smallest absolute Gasteiger partial charge is 0.397 e. The Balaban J connectivity index is 1.55. The quantitative estimate of drug-likeness (QED) is 0.240. The Hall–Kier alpha value is -4.20. The highest BCUT2D eigenvalue weighted by Gasteiger charge is 2.48. The number of benzene rings is 1. The molecular weight excluding hydrogens is 619 g/mol. The summed E-state index contributed by atoms with van der Waals surface area (Å²) < 4.78 is 76.5. The van der Waals surface area contributed by atoms with Crippen molar-refractivity contribution >= 4 is 21.7 Å². The Bertz CT molecular complexity index is 1760. The normalized spacial score (nSPS) is 15.8. The lowest BCUT2D eigenvalue weighted by molar-refractivity contribution is -0.219. The first-order valence-electron chi connectivity index (χ1n) is 15.3. The van der Waals surface area contributed by atoms with Gasteiger partial charge in [0.25, 0.3) is 10.0 Å². The SMILES string of the molecule is CCCN1CCCCCCc2ccccc2-c2nc(cnc2-n2ccc(OCC(C)(C)C(F)(F)F)n2)NS(=O)(=O)c2cccc1n2. The topological polar surface area (TPSA) is 115 Å². The van der Waals surface area contributed by atoms with E-state index in [-0.39, 0.29) is 22.5 Å². The average molecular weight is 658 g/mol. The Kier molecular flexibility index (Phi) is 9.85. The molecule has 5 rings (SSSR count). The molecule has 10 nitrogen and oxygen atoms in total. The van der Waals surface area contributed by atoms with E-state index in [1.165, 1.54) is 29.2 Å². The lowest BCUT2D eigenvalue weighted by atomic mass is 9.94. The predicted molar refractivity (Wildman–Crippen MR) is 170 cm³/mol. The van der Waals surface area contributed by atoms with Crippen LogP contribution in [0.2, 0.25) is 0 Å². The van der Waals surface area contributed by atoms with Gasteiger partial charge in [-0.15, -0.1) is 5.10 Å². The minimum Gasteiger partial charge on any atom is -0.476 e. The van der Waals surface area contributed by atoms with Crippen LogP contribution in [0.1, 0.15) is 58.4 Å². The van der Waals surface area contributed by atoms with Crippen LogP contribution in [0.4, 0.5) is 24.8 Å². The van der Waals surface area contributed by atoms with Crippen LogP contribution in [0.25, 0.3) is 17.1 Å². The van der Waals surface area contributed by atoms with Crippen molar-refractivity contribution in [2.24, 2.45) is 5.41 Å². The number of pyridine rings is 1. The minimum atomic E-state index is -4.45. The highest BCUT2D eigenvalue weighted by Crippen LogP contribution is 2.38. The lowest BCUT2D eigenvalue weighted by Gasteiger charge is -2.26. The fourth-order valence-electron chi connectivity index (χ4n) is 5.09. The van der Waals surface area contributed by atoms with Crippen LogP contribution >= 0.6 is 0 Å². The zero-order valence-corrected chi connectivity index (χ0v) is 26.9. The molecule has 0 fully saturated rings. The monoisotopic (exact) mass is 657 g/mol. The number of hydrogen-bond acceptors (Lipinski definition) is 8. The van der Waals surface area contributed by atoms with E-state index in [0.29, 0.717) is 11.5 Å². The van der Waals surface area contributed by atoms with Gasteiger partial charge in [0, 0.05) is 30.9 Å². The van der Waals surface area contributed by atoms with E-state index >= 15 is 0 Å². The molecule has 0 aliphatic carbocycles. The second-order valence-corrected chi connectivity index (χ2v) is 13.6. The standard InChI is InChI=1S/C32H38F3N7O3S/c1-4-18-41-19-10-6-5-7-12-23-13-8-9-14-24(23)29-30(42-20-17-27(39-42)45-22-31(2,3)32(33,34)35)36-21-25(37-29)40-46(43,44)28-16-11-15-26(41)38-28/h8-9,11,13-17,20-21H,4-7,10,12,18-19,22H2,1-3H3,(H,37,40). The molecule has 46 heavy (non-hydrogen) atoms. The van der Waals surface area contributed by atoms with E-state index in [1.807, 2.05) is 30.3 Å². The van der Waals surface area contributed by atoms with Gasteiger partial charge in [0.1, 0.15) is 18.1 Å². The van der Waals surface area contributed by atoms with Gasteiger partial charge in [-0.25, -0.2) is 19.6 Å². The molecule has 0 spiro atoms. The molecule has 0 saturated heterocycles. The molecule has 14 heteroatoms. The number of anilines is 2. The fraction of sp³-hybridized carbons (Fsp3) is 0.438. The van der Waals surface area contributed by atoms with Crippen LogP contribution < -0.4 is 14.4 Å². The van der Waals surface area contributed by atoms with E-state index in [4.69, 9.17) is 9.72 Å². The van der Waals surface area contributed by atoms with Crippen LogP contribution in [0.15, 0.2) is 66.0 Å². The number of halogens is 3. The van der Waals surface area contributed by atoms with E-state index in [1.54, 1.807) is 6.07 Å². The summed E-state index contributed by atoms with van der Waals surface area (Å²) in [5.74, 6) is 0.815. The zero-order valence-electron chi connectivity index (χ0n) is 26.1. The molecule has 1 aromatic carbocycles. The van der Waals surface area contributed by atoms with Crippen LogP contribution in [0, 0.1) is 5.41 Å². The van der Waals surface area contributed by atoms with Crippen LogP contribution in [0.5, 0.6) is 5.88 Å². The van der Waals surface area contributed by atoms with Gasteiger partial charge in [0.05, 0.1) is 11.6 Å². The maximum absolute atomic E-state index is 13.5. The second kappa shape index (κ2) is 13.7. The summed E-state index contributed by atoms with van der Waals surface area (Å²) in [6.45, 7) is 5.10. The molecule has 1 aliphatic rings. The molecule has 4 heterocycles. The van der Waals surface area contributed by atoms with Crippen LogP contribution in [-0.2, 0) is 16.4 Å². The van der Waals surface area contributed by atoms with Crippen molar-refractivity contribution in [2.45, 2.75) is 70.5 Å². The first kappa shape index (κ1) is 33.2. The Morgan fingerprint density at radius 1 is 0.978 bits per heavy atom. The van der Waals surface area contributed by atoms with E-state index in [9.17, 15) is 21.6 Å². The van der Waals surface area contributed by atoms with Gasteiger partial charge in [-0.05, 0) is 57.2 Å². The predicted octanol–water partition coefficient (Wildman–Crippen LogP) is 6.83. The van der Waals surface area contributed by atoms with Crippen molar-refractivity contribution in [1.29, 1.82) is 0 Å². The van der Waals surface area contributed by atoms with Gasteiger partial charge < -0.3 is 9.64 Å². The average Bonchev–Trinajstić information content (AvgIpc) is 3.49. The number of nitrogens with zero attached hydrogens (tertiary/aromatic N) is 6. The molecule has 3 aromatic heterocycles. The molecule has 1 aliphatic heterocycles. The number of hydrogen-bond donors (Lipinski definition) is 1. The number of aromatic nitrogens is 5. The largest absolute Gasteiger partial charge is 0.476 e. The maximum Gasteiger partial charge on any atom is 0.397 e. The summed E-state index contributed by atoms with van der Waals surface area (Å²) in [6, 6.07) is 14.1. The molecule has 246 valence electrons. The van der Waals surface area contributed by atoms with Gasteiger partial charge in [0.2, 0.25) is 5.88 Å². The second-order valence-electron chi connectivity index (χ2n) is 11.9. The molecule has 0 unspecified atom stereocenters. The Labute approximate surface area is 267 Å². The van der Waals surface area contributed by atoms with Gasteiger partial charge in [0.15, 0.2) is 16.7 Å². The summed E-state index contributed by atoms with van der Waals surface area (Å²) in [5, 5.41) is 4.19. The third-order valence-electron chi connectivity index (χ3n) is 7.82. The summed E-state index contributed by atoms with van der Waals surface area (Å²) in [7, 11) is -4.14. The minimum absolute atomic E-state index is 0.0169. The lowest BCUT2D eigenvalue weighted by Crippen LogP contribution is -2.37. The number of aryl methyl sites for hydroxylation is 1. The molecule has 0 atom stereocenters. The van der Waals surface area contributed by atoms with Crippen molar-refractivity contribution < 1.29 is 26.3 Å². The Morgan fingerprint density at radius 2 is 1.76 bits per heavy atom. The summed E-state index contributed by atoms with van der Waals surface area (Å²) in [6.07, 6.45) is 3.88. The molecule has 0 saturated carbocycles. The number of fused-ring (bicyclic) bond motifs is 6. The van der Waals surface area contributed by atoms with E-state index in [2.05, 4.69) is 31.6 Å². The highest BCUT2D eigenvalue weighted by molar-refractivity contribution is 7.92. The molecule has 1 N–H and O–H groups in total. The third kappa shape index (κ3) is 7.60. The van der Waals surface area contributed by atoms with Gasteiger partial charge in [-0.2, -0.15) is 21.6 Å². The summed E-state index contributed by atoms with van der Waals surface area (Å²) in [4.78, 5) is 15.8. The highest BCUT2D eigenvalue weighted by atomic mass is 32.2. The van der Waals surface area contributed by atoms with E-state index < -0.39 is 28.2 Å². The number of rotatable bonds is 6. The van der Waals surface area contributed by atoms with Crippen molar-refractivity contribution in [3.05, 3.63) is 66.5 Å². The van der Waals surface area contributed by atoms with Crippen molar-refractivity contribution in [3.8, 4) is 23.0 Å². The van der Waals surface area contributed by atoms with Crippen molar-refractivity contribution in [1.82, 2.24) is 24.7 Å². The first-order valence-corrected chi connectivity index (χ1v) is 16.8. The Morgan fingerprint density at radius 3 is 2.54 bits per heavy atom. The number of ether oxygens (including phenoxy) is 1. The van der Waals surface area contributed by atoms with Crippen molar-refractivity contribution in [3.63, 3.8) is 0 Å². The maximum atomic E-state index is 13.5. The molecule has 0 radical (unpaired) electrons. The molecule has 4 aromatic rings. The van der Waals surface area contributed by atoms with Gasteiger partial charge >= 0.3 is 6.18 Å². The van der Waals surface area contributed by atoms with Crippen molar-refractivity contribution in [2.75, 3.05) is 29.3 Å². The summed E-state index contributed by atoms with van der Waals surface area (Å²) in [5.41, 5.74) is 0.00243. The van der Waals surface area contributed by atoms with Crippen LogP contribution in [-0.4, -0.2) is 59.0 Å². The van der Waals surface area contributed by atoms with Crippen LogP contribution in [0.3, 0.4) is 0 Å². The number of sulfonamides is 1. The number of nitrogens with one attached hydrogen (secondary N) is 1. The summed E-state index contributed by atoms with van der Waals surface area (Å²) >= 11 is 0. The fourth-order valence-corrected chi connectivity index (χ4v) is 6.04. The molecule has 4 bridgehead atoms. The van der Waals surface area contributed by atoms with E-state index in [0.717, 1.165) is 76.6 Å².